The molecule has 1 aromatic heterocycles. The van der Waals surface area contributed by atoms with E-state index in [0.717, 1.165) is 47.7 Å². The lowest BCUT2D eigenvalue weighted by atomic mass is 9.94. The number of amides is 1. The number of aromatic nitrogens is 1. The zero-order valence-corrected chi connectivity index (χ0v) is 18.0. The largest absolute Gasteiger partial charge is 0.342 e. The maximum absolute atomic E-state index is 13.6. The van der Waals surface area contributed by atoms with Gasteiger partial charge < -0.3 is 9.88 Å². The van der Waals surface area contributed by atoms with Gasteiger partial charge in [0.1, 0.15) is 11.5 Å². The monoisotopic (exact) mass is 433 g/mol. The summed E-state index contributed by atoms with van der Waals surface area (Å²) >= 11 is 5.50. The van der Waals surface area contributed by atoms with Crippen molar-refractivity contribution in [2.45, 2.75) is 44.7 Å². The molecule has 158 valence electrons. The Balaban J connectivity index is 1.48. The zero-order valence-electron chi connectivity index (χ0n) is 17.2. The maximum atomic E-state index is 13.6. The second-order valence-electron chi connectivity index (χ2n) is 8.31. The number of nitrogens with zero attached hydrogens (tertiary/aromatic N) is 2. The van der Waals surface area contributed by atoms with Gasteiger partial charge in [0, 0.05) is 35.2 Å². The minimum atomic E-state index is -0.242. The van der Waals surface area contributed by atoms with Crippen molar-refractivity contribution in [3.63, 3.8) is 0 Å². The minimum Gasteiger partial charge on any atom is -0.342 e. The third-order valence-electron chi connectivity index (χ3n) is 6.21. The summed E-state index contributed by atoms with van der Waals surface area (Å²) in [6.07, 6.45) is 9.44. The number of carbonyl (C=O) groups excluding carboxylic acids is 1. The van der Waals surface area contributed by atoms with Crippen molar-refractivity contribution in [3.05, 3.63) is 77.4 Å². The molecule has 0 spiro atoms. The molecule has 3 aromatic rings. The number of carbonyl (C=O) groups is 1. The summed E-state index contributed by atoms with van der Waals surface area (Å²) in [6, 6.07) is 14.9. The predicted octanol–water partition coefficient (Wildman–Crippen LogP) is 5.22. The molecule has 4 nitrogen and oxygen atoms in total. The van der Waals surface area contributed by atoms with Crippen LogP contribution in [0.25, 0.3) is 17.0 Å². The van der Waals surface area contributed by atoms with E-state index in [1.807, 2.05) is 42.6 Å². The second-order valence-corrected chi connectivity index (χ2v) is 8.70. The van der Waals surface area contributed by atoms with Crippen LogP contribution in [0.5, 0.6) is 0 Å². The lowest BCUT2D eigenvalue weighted by molar-refractivity contribution is -0.124. The molecular formula is C25H24FN3OS. The van der Waals surface area contributed by atoms with Crippen molar-refractivity contribution < 1.29 is 9.18 Å². The van der Waals surface area contributed by atoms with Gasteiger partial charge in [-0.15, -0.1) is 0 Å². The van der Waals surface area contributed by atoms with Gasteiger partial charge in [-0.25, -0.2) is 4.39 Å². The van der Waals surface area contributed by atoms with Crippen LogP contribution in [-0.4, -0.2) is 26.5 Å². The average Bonchev–Trinajstić information content (AvgIpc) is 3.25. The molecule has 0 unspecified atom stereocenters. The van der Waals surface area contributed by atoms with Gasteiger partial charge in [0.2, 0.25) is 0 Å². The van der Waals surface area contributed by atoms with Crippen molar-refractivity contribution in [1.29, 1.82) is 0 Å². The first-order valence-electron chi connectivity index (χ1n) is 10.8. The maximum Gasteiger partial charge on any atom is 0.276 e. The first-order valence-corrected chi connectivity index (χ1v) is 11.2. The number of hydrogen-bond acceptors (Lipinski definition) is 2. The molecule has 2 aromatic carbocycles. The van der Waals surface area contributed by atoms with E-state index < -0.39 is 0 Å². The van der Waals surface area contributed by atoms with E-state index in [2.05, 4.69) is 9.88 Å². The molecule has 1 amide bonds. The number of halogens is 1. The van der Waals surface area contributed by atoms with Crippen LogP contribution in [0.2, 0.25) is 0 Å². The molecule has 1 saturated heterocycles. The van der Waals surface area contributed by atoms with E-state index in [1.165, 1.54) is 12.5 Å². The fraction of sp³-hybridized carbons (Fsp3) is 0.280. The number of para-hydroxylation sites is 1. The first kappa shape index (κ1) is 19.9. The molecule has 1 aliphatic carbocycles. The normalized spacial score (nSPS) is 18.9. The van der Waals surface area contributed by atoms with E-state index in [9.17, 15) is 9.18 Å². The van der Waals surface area contributed by atoms with Gasteiger partial charge in [0.25, 0.3) is 5.91 Å². The number of hydrogen-bond donors (Lipinski definition) is 1. The van der Waals surface area contributed by atoms with Gasteiger partial charge in [-0.1, -0.05) is 49.6 Å². The van der Waals surface area contributed by atoms with Crippen LogP contribution in [0.1, 0.15) is 43.2 Å². The van der Waals surface area contributed by atoms with Gasteiger partial charge in [0.05, 0.1) is 0 Å². The van der Waals surface area contributed by atoms with E-state index in [-0.39, 0.29) is 17.8 Å². The van der Waals surface area contributed by atoms with Crippen LogP contribution in [0.15, 0.2) is 60.4 Å². The van der Waals surface area contributed by atoms with Crippen molar-refractivity contribution in [2.24, 2.45) is 0 Å². The van der Waals surface area contributed by atoms with Crippen molar-refractivity contribution in [2.75, 3.05) is 0 Å². The molecule has 5 rings (SSSR count). The van der Waals surface area contributed by atoms with Crippen LogP contribution in [0, 0.1) is 5.82 Å². The molecule has 2 fully saturated rings. The van der Waals surface area contributed by atoms with E-state index in [0.29, 0.717) is 17.4 Å². The summed E-state index contributed by atoms with van der Waals surface area (Å²) in [4.78, 5) is 14.9. The minimum absolute atomic E-state index is 0.0427. The first-order chi connectivity index (χ1) is 15.1. The van der Waals surface area contributed by atoms with Crippen molar-refractivity contribution in [3.8, 4) is 0 Å². The molecule has 0 atom stereocenters. The molecule has 0 radical (unpaired) electrons. The molecule has 2 heterocycles. The second kappa shape index (κ2) is 8.27. The fourth-order valence-electron chi connectivity index (χ4n) is 4.73. The summed E-state index contributed by atoms with van der Waals surface area (Å²) < 4.78 is 15.7. The summed E-state index contributed by atoms with van der Waals surface area (Å²) in [5, 5.41) is 4.69. The molecule has 6 heteroatoms. The van der Waals surface area contributed by atoms with Gasteiger partial charge in [0.15, 0.2) is 5.11 Å². The van der Waals surface area contributed by atoms with Gasteiger partial charge >= 0.3 is 0 Å². The van der Waals surface area contributed by atoms with Gasteiger partial charge in [-0.3, -0.25) is 9.69 Å². The summed E-state index contributed by atoms with van der Waals surface area (Å²) in [5.74, 6) is -0.285. The molecular weight excluding hydrogens is 409 g/mol. The van der Waals surface area contributed by atoms with Crippen LogP contribution < -0.4 is 5.32 Å². The predicted molar refractivity (Wildman–Crippen MR) is 125 cm³/mol. The molecule has 1 aliphatic heterocycles. The quantitative estimate of drug-likeness (QED) is 0.453. The molecule has 1 N–H and O–H groups in total. The van der Waals surface area contributed by atoms with Crippen molar-refractivity contribution in [1.82, 2.24) is 14.8 Å². The Morgan fingerprint density at radius 3 is 2.71 bits per heavy atom. The molecule has 2 aliphatic rings. The Morgan fingerprint density at radius 1 is 1.10 bits per heavy atom. The Kier molecular flexibility index (Phi) is 5.32. The number of rotatable bonds is 4. The Morgan fingerprint density at radius 2 is 1.90 bits per heavy atom. The summed E-state index contributed by atoms with van der Waals surface area (Å²) in [6.45, 7) is 0.551. The van der Waals surface area contributed by atoms with E-state index in [1.54, 1.807) is 17.0 Å². The van der Waals surface area contributed by atoms with E-state index in [4.69, 9.17) is 12.2 Å². The lowest BCUT2D eigenvalue weighted by Gasteiger charge is -2.29. The Hall–Kier alpha value is -2.99. The number of nitrogens with one attached hydrogen (secondary N) is 1. The standard InChI is InChI=1S/C25H24FN3OS/c26-19-8-6-7-17(13-19)15-28-16-18(21-11-4-5-12-23(21)28)14-22-24(30)29(25(31)27-22)20-9-2-1-3-10-20/h4-8,11-14,16,20H,1-3,9-10,15H2,(H,27,31)/b22-14+. The third-order valence-corrected chi connectivity index (χ3v) is 6.51. The van der Waals surface area contributed by atoms with Crippen LogP contribution in [-0.2, 0) is 11.3 Å². The van der Waals surface area contributed by atoms with Crippen LogP contribution in [0.4, 0.5) is 4.39 Å². The SMILES string of the molecule is O=C1/C(=C\c2cn(Cc3cccc(F)c3)c3ccccc23)NC(=S)N1C1CCCCC1. The molecule has 1 saturated carbocycles. The topological polar surface area (TPSA) is 37.3 Å². The smallest absolute Gasteiger partial charge is 0.276 e. The average molecular weight is 434 g/mol. The molecule has 0 bridgehead atoms. The van der Waals surface area contributed by atoms with Crippen molar-refractivity contribution >= 4 is 40.2 Å². The Bertz CT molecular complexity index is 1190. The lowest BCUT2D eigenvalue weighted by Crippen LogP contribution is -2.41. The van der Waals surface area contributed by atoms with E-state index >= 15 is 0 Å². The number of fused-ring (bicyclic) bond motifs is 1. The highest BCUT2D eigenvalue weighted by molar-refractivity contribution is 7.80. The fourth-order valence-corrected chi connectivity index (χ4v) is 5.07. The summed E-state index contributed by atoms with van der Waals surface area (Å²) in [5.41, 5.74) is 3.39. The van der Waals surface area contributed by atoms with Crippen LogP contribution in [0.3, 0.4) is 0 Å². The summed E-state index contributed by atoms with van der Waals surface area (Å²) in [7, 11) is 0. The number of benzene rings is 2. The highest BCUT2D eigenvalue weighted by Crippen LogP contribution is 2.29. The Labute approximate surface area is 186 Å². The van der Waals surface area contributed by atoms with Gasteiger partial charge in [-0.2, -0.15) is 0 Å². The molecule has 31 heavy (non-hydrogen) atoms. The highest BCUT2D eigenvalue weighted by atomic mass is 32.1. The zero-order chi connectivity index (χ0) is 21.4. The third kappa shape index (κ3) is 3.88. The highest BCUT2D eigenvalue weighted by Gasteiger charge is 2.36. The van der Waals surface area contributed by atoms with Gasteiger partial charge in [-0.05, 0) is 54.9 Å². The van der Waals surface area contributed by atoms with Crippen LogP contribution >= 0.6 is 12.2 Å². The number of thiocarbonyl (C=S) groups is 1.